The lowest BCUT2D eigenvalue weighted by Crippen LogP contribution is -2.08. The maximum absolute atomic E-state index is 12.0. The Morgan fingerprint density at radius 3 is 2.63 bits per heavy atom. The summed E-state index contributed by atoms with van der Waals surface area (Å²) in [6.07, 6.45) is 2.02. The third kappa shape index (κ3) is 3.56. The van der Waals surface area contributed by atoms with Crippen molar-refractivity contribution in [2.24, 2.45) is 0 Å². The monoisotopic (exact) mass is 262 g/mol. The second-order valence-corrected chi connectivity index (χ2v) is 4.60. The van der Waals surface area contributed by atoms with Gasteiger partial charge in [-0.3, -0.25) is 9.59 Å². The van der Waals surface area contributed by atoms with Crippen LogP contribution in [-0.2, 0) is 4.79 Å². The fourth-order valence-electron chi connectivity index (χ4n) is 1.99. The Balaban J connectivity index is 2.10. The van der Waals surface area contributed by atoms with Gasteiger partial charge >= 0.3 is 0 Å². The SMILES string of the molecule is CCCC(=O)CC(=O)c1ccc2c(c1)OCCCO2. The summed E-state index contributed by atoms with van der Waals surface area (Å²) >= 11 is 0. The Morgan fingerprint density at radius 2 is 1.89 bits per heavy atom. The molecule has 1 aromatic rings. The summed E-state index contributed by atoms with van der Waals surface area (Å²) in [5.74, 6) is 1.08. The molecular weight excluding hydrogens is 244 g/mol. The summed E-state index contributed by atoms with van der Waals surface area (Å²) in [5.41, 5.74) is 0.508. The molecule has 0 radical (unpaired) electrons. The number of Topliss-reactive ketones (excluding diaryl/α,β-unsaturated/α-hetero) is 2. The number of carbonyl (C=O) groups is 2. The average Bonchev–Trinajstić information content (AvgIpc) is 2.63. The normalized spacial score (nSPS) is 13.7. The van der Waals surface area contributed by atoms with Gasteiger partial charge in [0.1, 0.15) is 5.78 Å². The minimum absolute atomic E-state index is 0.0142. The fraction of sp³-hybridized carbons (Fsp3) is 0.467. The minimum Gasteiger partial charge on any atom is -0.490 e. The van der Waals surface area contributed by atoms with Gasteiger partial charge in [-0.15, -0.1) is 0 Å². The second kappa shape index (κ2) is 6.36. The second-order valence-electron chi connectivity index (χ2n) is 4.60. The summed E-state index contributed by atoms with van der Waals surface area (Å²) in [5, 5.41) is 0. The van der Waals surface area contributed by atoms with E-state index in [-0.39, 0.29) is 18.0 Å². The molecule has 4 nitrogen and oxygen atoms in total. The van der Waals surface area contributed by atoms with Gasteiger partial charge in [-0.25, -0.2) is 0 Å². The maximum atomic E-state index is 12.0. The van der Waals surface area contributed by atoms with Gasteiger partial charge in [0.25, 0.3) is 0 Å². The van der Waals surface area contributed by atoms with Crippen LogP contribution < -0.4 is 9.47 Å². The van der Waals surface area contributed by atoms with E-state index in [2.05, 4.69) is 0 Å². The molecule has 0 N–H and O–H groups in total. The van der Waals surface area contributed by atoms with Crippen molar-refractivity contribution in [3.8, 4) is 11.5 Å². The largest absolute Gasteiger partial charge is 0.490 e. The van der Waals surface area contributed by atoms with E-state index in [0.717, 1.165) is 12.8 Å². The summed E-state index contributed by atoms with van der Waals surface area (Å²) in [4.78, 5) is 23.5. The van der Waals surface area contributed by atoms with Crippen molar-refractivity contribution in [1.82, 2.24) is 0 Å². The number of benzene rings is 1. The molecule has 1 aromatic carbocycles. The summed E-state index contributed by atoms with van der Waals surface area (Å²) in [7, 11) is 0. The summed E-state index contributed by atoms with van der Waals surface area (Å²) < 4.78 is 11.0. The molecule has 0 aromatic heterocycles. The molecule has 0 spiro atoms. The molecule has 0 fully saturated rings. The van der Waals surface area contributed by atoms with Gasteiger partial charge in [0.2, 0.25) is 0 Å². The Bertz CT molecular complexity index is 479. The van der Waals surface area contributed by atoms with Crippen LogP contribution in [0, 0.1) is 0 Å². The van der Waals surface area contributed by atoms with Crippen LogP contribution in [0.25, 0.3) is 0 Å². The van der Waals surface area contributed by atoms with Crippen molar-refractivity contribution in [3.05, 3.63) is 23.8 Å². The van der Waals surface area contributed by atoms with Crippen molar-refractivity contribution in [3.63, 3.8) is 0 Å². The van der Waals surface area contributed by atoms with E-state index in [4.69, 9.17) is 9.47 Å². The summed E-state index contributed by atoms with van der Waals surface area (Å²) in [6, 6.07) is 5.09. The lowest BCUT2D eigenvalue weighted by atomic mass is 10.0. The average molecular weight is 262 g/mol. The van der Waals surface area contributed by atoms with Gasteiger partial charge in [-0.05, 0) is 24.6 Å². The number of ketones is 2. The van der Waals surface area contributed by atoms with E-state index < -0.39 is 0 Å². The zero-order valence-electron chi connectivity index (χ0n) is 11.1. The highest BCUT2D eigenvalue weighted by Gasteiger charge is 2.16. The van der Waals surface area contributed by atoms with Crippen molar-refractivity contribution in [1.29, 1.82) is 0 Å². The molecule has 19 heavy (non-hydrogen) atoms. The molecule has 0 aliphatic carbocycles. The number of ether oxygens (including phenoxy) is 2. The molecule has 0 amide bonds. The van der Waals surface area contributed by atoms with Gasteiger partial charge in [0, 0.05) is 18.4 Å². The highest BCUT2D eigenvalue weighted by atomic mass is 16.5. The third-order valence-corrected chi connectivity index (χ3v) is 2.96. The molecule has 0 atom stereocenters. The molecule has 4 heteroatoms. The Labute approximate surface area is 112 Å². The maximum Gasteiger partial charge on any atom is 0.170 e. The first kappa shape index (κ1) is 13.6. The zero-order chi connectivity index (χ0) is 13.7. The van der Waals surface area contributed by atoms with E-state index in [0.29, 0.717) is 36.7 Å². The topological polar surface area (TPSA) is 52.6 Å². The molecule has 1 aliphatic rings. The Kier molecular flexibility index (Phi) is 4.55. The quantitative estimate of drug-likeness (QED) is 0.605. The van der Waals surface area contributed by atoms with Crippen LogP contribution in [0.5, 0.6) is 11.5 Å². The molecule has 0 saturated heterocycles. The molecule has 0 saturated carbocycles. The van der Waals surface area contributed by atoms with Crippen molar-refractivity contribution >= 4 is 11.6 Å². The van der Waals surface area contributed by atoms with Crippen LogP contribution >= 0.6 is 0 Å². The number of rotatable bonds is 5. The van der Waals surface area contributed by atoms with Crippen LogP contribution in [0.2, 0.25) is 0 Å². The highest BCUT2D eigenvalue weighted by Crippen LogP contribution is 2.30. The molecule has 0 bridgehead atoms. The molecule has 1 heterocycles. The molecule has 0 unspecified atom stereocenters. The smallest absolute Gasteiger partial charge is 0.170 e. The van der Waals surface area contributed by atoms with Crippen LogP contribution in [0.3, 0.4) is 0 Å². The first-order valence-electron chi connectivity index (χ1n) is 6.65. The minimum atomic E-state index is -0.158. The highest BCUT2D eigenvalue weighted by molar-refractivity contribution is 6.08. The van der Waals surface area contributed by atoms with Crippen LogP contribution in [-0.4, -0.2) is 24.8 Å². The molecule has 102 valence electrons. The van der Waals surface area contributed by atoms with E-state index in [9.17, 15) is 9.59 Å². The van der Waals surface area contributed by atoms with Crippen molar-refractivity contribution in [2.75, 3.05) is 13.2 Å². The summed E-state index contributed by atoms with van der Waals surface area (Å²) in [6.45, 7) is 3.13. The first-order valence-corrected chi connectivity index (χ1v) is 6.65. The first-order chi connectivity index (χ1) is 9.20. The van der Waals surface area contributed by atoms with Gasteiger partial charge < -0.3 is 9.47 Å². The van der Waals surface area contributed by atoms with E-state index in [1.165, 1.54) is 0 Å². The van der Waals surface area contributed by atoms with Gasteiger partial charge in [-0.2, -0.15) is 0 Å². The van der Waals surface area contributed by atoms with Crippen molar-refractivity contribution < 1.29 is 19.1 Å². The predicted octanol–water partition coefficient (Wildman–Crippen LogP) is 2.79. The number of fused-ring (bicyclic) bond motifs is 1. The standard InChI is InChI=1S/C15H18O4/c1-2-4-12(16)10-13(17)11-5-6-14-15(9-11)19-8-3-7-18-14/h5-6,9H,2-4,7-8,10H2,1H3. The van der Waals surface area contributed by atoms with Crippen LogP contribution in [0.1, 0.15) is 43.0 Å². The van der Waals surface area contributed by atoms with E-state index in [1.807, 2.05) is 6.92 Å². The van der Waals surface area contributed by atoms with Gasteiger partial charge in [-0.1, -0.05) is 6.92 Å². The van der Waals surface area contributed by atoms with Crippen molar-refractivity contribution in [2.45, 2.75) is 32.6 Å². The Hall–Kier alpha value is -1.84. The lowest BCUT2D eigenvalue weighted by Gasteiger charge is -2.08. The van der Waals surface area contributed by atoms with Gasteiger partial charge in [0.15, 0.2) is 17.3 Å². The van der Waals surface area contributed by atoms with E-state index >= 15 is 0 Å². The number of hydrogen-bond acceptors (Lipinski definition) is 4. The number of carbonyl (C=O) groups excluding carboxylic acids is 2. The van der Waals surface area contributed by atoms with Crippen LogP contribution in [0.4, 0.5) is 0 Å². The molecule has 1 aliphatic heterocycles. The van der Waals surface area contributed by atoms with E-state index in [1.54, 1.807) is 18.2 Å². The fourth-order valence-corrected chi connectivity index (χ4v) is 1.99. The Morgan fingerprint density at radius 1 is 1.16 bits per heavy atom. The van der Waals surface area contributed by atoms with Gasteiger partial charge in [0.05, 0.1) is 19.6 Å². The molecule has 2 rings (SSSR count). The zero-order valence-corrected chi connectivity index (χ0v) is 11.1. The lowest BCUT2D eigenvalue weighted by molar-refractivity contribution is -0.118. The predicted molar refractivity (Wildman–Crippen MR) is 70.9 cm³/mol. The number of hydrogen-bond donors (Lipinski definition) is 0. The third-order valence-electron chi connectivity index (χ3n) is 2.96. The van der Waals surface area contributed by atoms with Crippen LogP contribution in [0.15, 0.2) is 18.2 Å². The molecular formula is C15H18O4.